The van der Waals surface area contributed by atoms with Gasteiger partial charge >= 0.3 is 0 Å². The van der Waals surface area contributed by atoms with Crippen molar-refractivity contribution in [3.8, 4) is 0 Å². The van der Waals surface area contributed by atoms with Gasteiger partial charge in [-0.15, -0.1) is 0 Å². The van der Waals surface area contributed by atoms with Crippen molar-refractivity contribution in [3.05, 3.63) is 0 Å². The second-order valence-corrected chi connectivity index (χ2v) is 5.08. The molecule has 2 fully saturated rings. The number of piperidine rings is 1. The maximum atomic E-state index is 12.4. The molecule has 2 heterocycles. The molecule has 0 aromatic rings. The standard InChI is InChI=1S/C12H21N3O2/c1-14-7-3-2-5-10(14)12(17)15-8-4-6-9(15)11(13)16/h9-10H,2-8H2,1H3,(H2,13,16)/t9-,10+/m0/s1. The van der Waals surface area contributed by atoms with Gasteiger partial charge in [0.1, 0.15) is 6.04 Å². The minimum absolute atomic E-state index is 0.0521. The fraction of sp³-hybridized carbons (Fsp3) is 0.833. The summed E-state index contributed by atoms with van der Waals surface area (Å²) in [4.78, 5) is 27.5. The van der Waals surface area contributed by atoms with Crippen molar-refractivity contribution in [2.75, 3.05) is 20.1 Å². The molecule has 0 unspecified atom stereocenters. The molecule has 5 heteroatoms. The summed E-state index contributed by atoms with van der Waals surface area (Å²) in [5.74, 6) is -0.275. The van der Waals surface area contributed by atoms with Crippen molar-refractivity contribution in [1.29, 1.82) is 0 Å². The first-order chi connectivity index (χ1) is 8.11. The number of carbonyl (C=O) groups excluding carboxylic acids is 2. The molecule has 0 aromatic heterocycles. The Morgan fingerprint density at radius 2 is 1.76 bits per heavy atom. The fourth-order valence-electron chi connectivity index (χ4n) is 2.90. The molecule has 0 spiro atoms. The van der Waals surface area contributed by atoms with Crippen LogP contribution in [0.2, 0.25) is 0 Å². The minimum atomic E-state index is -0.377. The summed E-state index contributed by atoms with van der Waals surface area (Å²) < 4.78 is 0. The molecular formula is C12H21N3O2. The summed E-state index contributed by atoms with van der Waals surface area (Å²) in [6, 6.07) is -0.429. The molecule has 0 saturated carbocycles. The zero-order valence-corrected chi connectivity index (χ0v) is 10.4. The van der Waals surface area contributed by atoms with Crippen LogP contribution >= 0.6 is 0 Å². The van der Waals surface area contributed by atoms with Gasteiger partial charge in [0, 0.05) is 6.54 Å². The Morgan fingerprint density at radius 1 is 1.06 bits per heavy atom. The molecule has 2 amide bonds. The smallest absolute Gasteiger partial charge is 0.240 e. The summed E-state index contributed by atoms with van der Waals surface area (Å²) >= 11 is 0. The van der Waals surface area contributed by atoms with Crippen LogP contribution in [0.25, 0.3) is 0 Å². The molecule has 0 bridgehead atoms. The molecule has 2 saturated heterocycles. The van der Waals surface area contributed by atoms with Crippen molar-refractivity contribution in [2.45, 2.75) is 44.2 Å². The van der Waals surface area contributed by atoms with E-state index in [9.17, 15) is 9.59 Å². The lowest BCUT2D eigenvalue weighted by Crippen LogP contribution is -2.53. The number of likely N-dealkylation sites (tertiary alicyclic amines) is 2. The van der Waals surface area contributed by atoms with E-state index in [4.69, 9.17) is 5.73 Å². The summed E-state index contributed by atoms with van der Waals surface area (Å²) in [6.45, 7) is 1.64. The largest absolute Gasteiger partial charge is 0.368 e. The van der Waals surface area contributed by atoms with Crippen molar-refractivity contribution >= 4 is 11.8 Å². The number of carbonyl (C=O) groups is 2. The van der Waals surface area contributed by atoms with Crippen molar-refractivity contribution in [3.63, 3.8) is 0 Å². The summed E-state index contributed by atoms with van der Waals surface area (Å²) in [5, 5.41) is 0. The number of amides is 2. The van der Waals surface area contributed by atoms with Gasteiger partial charge in [-0.05, 0) is 39.3 Å². The van der Waals surface area contributed by atoms with E-state index >= 15 is 0 Å². The highest BCUT2D eigenvalue weighted by molar-refractivity contribution is 5.89. The zero-order chi connectivity index (χ0) is 12.4. The van der Waals surface area contributed by atoms with E-state index in [0.717, 1.165) is 38.6 Å². The maximum absolute atomic E-state index is 12.4. The normalized spacial score (nSPS) is 30.5. The first kappa shape index (κ1) is 12.4. The van der Waals surface area contributed by atoms with Gasteiger partial charge in [0.25, 0.3) is 0 Å². The van der Waals surface area contributed by atoms with E-state index in [1.165, 1.54) is 0 Å². The van der Waals surface area contributed by atoms with Gasteiger partial charge in [0.05, 0.1) is 6.04 Å². The molecule has 2 aliphatic heterocycles. The molecule has 2 N–H and O–H groups in total. The highest BCUT2D eigenvalue weighted by Crippen LogP contribution is 2.23. The van der Waals surface area contributed by atoms with Crippen LogP contribution in [0.15, 0.2) is 0 Å². The molecule has 0 aromatic carbocycles. The Morgan fingerprint density at radius 3 is 2.41 bits per heavy atom. The fourth-order valence-corrected chi connectivity index (χ4v) is 2.90. The third-order valence-corrected chi connectivity index (χ3v) is 3.92. The maximum Gasteiger partial charge on any atom is 0.240 e. The van der Waals surface area contributed by atoms with Crippen LogP contribution in [0.4, 0.5) is 0 Å². The summed E-state index contributed by atoms with van der Waals surface area (Å²) in [6.07, 6.45) is 4.75. The Hall–Kier alpha value is -1.10. The summed E-state index contributed by atoms with van der Waals surface area (Å²) in [5.41, 5.74) is 5.34. The van der Waals surface area contributed by atoms with Crippen LogP contribution in [0.1, 0.15) is 32.1 Å². The van der Waals surface area contributed by atoms with E-state index in [0.29, 0.717) is 6.54 Å². The van der Waals surface area contributed by atoms with Crippen LogP contribution in [0.5, 0.6) is 0 Å². The average Bonchev–Trinajstić information content (AvgIpc) is 2.77. The van der Waals surface area contributed by atoms with E-state index in [-0.39, 0.29) is 23.9 Å². The van der Waals surface area contributed by atoms with Crippen LogP contribution < -0.4 is 5.73 Å². The van der Waals surface area contributed by atoms with Crippen molar-refractivity contribution < 1.29 is 9.59 Å². The SMILES string of the molecule is CN1CCCC[C@@H]1C(=O)N1CCC[C@H]1C(N)=O. The predicted octanol–water partition coefficient (Wildman–Crippen LogP) is -0.0530. The van der Waals surface area contributed by atoms with Crippen LogP contribution in [-0.4, -0.2) is 53.8 Å². The Bertz CT molecular complexity index is 319. The number of hydrogen-bond acceptors (Lipinski definition) is 3. The summed E-state index contributed by atoms with van der Waals surface area (Å²) in [7, 11) is 1.98. The highest BCUT2D eigenvalue weighted by atomic mass is 16.2. The second kappa shape index (κ2) is 5.04. The average molecular weight is 239 g/mol. The van der Waals surface area contributed by atoms with E-state index in [1.54, 1.807) is 4.90 Å². The van der Waals surface area contributed by atoms with Gasteiger partial charge in [-0.1, -0.05) is 6.42 Å². The third-order valence-electron chi connectivity index (χ3n) is 3.92. The molecule has 0 aliphatic carbocycles. The third kappa shape index (κ3) is 2.44. The second-order valence-electron chi connectivity index (χ2n) is 5.08. The highest BCUT2D eigenvalue weighted by Gasteiger charge is 2.37. The van der Waals surface area contributed by atoms with E-state index in [2.05, 4.69) is 4.90 Å². The molecule has 0 radical (unpaired) electrons. The predicted molar refractivity (Wildman–Crippen MR) is 64.2 cm³/mol. The van der Waals surface area contributed by atoms with Gasteiger partial charge in [-0.2, -0.15) is 0 Å². The molecular weight excluding hydrogens is 218 g/mol. The number of likely N-dealkylation sites (N-methyl/N-ethyl adjacent to an activating group) is 1. The first-order valence-electron chi connectivity index (χ1n) is 6.41. The Labute approximate surface area is 102 Å². The van der Waals surface area contributed by atoms with Gasteiger partial charge in [0.15, 0.2) is 0 Å². The first-order valence-corrected chi connectivity index (χ1v) is 6.41. The van der Waals surface area contributed by atoms with Crippen LogP contribution in [0, 0.1) is 0 Å². The quantitative estimate of drug-likeness (QED) is 0.734. The van der Waals surface area contributed by atoms with Crippen LogP contribution in [0.3, 0.4) is 0 Å². The number of nitrogens with two attached hydrogens (primary N) is 1. The zero-order valence-electron chi connectivity index (χ0n) is 10.4. The molecule has 2 aliphatic rings. The molecule has 2 rings (SSSR count). The van der Waals surface area contributed by atoms with Crippen molar-refractivity contribution in [2.24, 2.45) is 5.73 Å². The van der Waals surface area contributed by atoms with Gasteiger partial charge in [0.2, 0.25) is 11.8 Å². The lowest BCUT2D eigenvalue weighted by Gasteiger charge is -2.35. The molecule has 96 valence electrons. The molecule has 5 nitrogen and oxygen atoms in total. The number of hydrogen-bond donors (Lipinski definition) is 1. The van der Waals surface area contributed by atoms with Gasteiger partial charge in [-0.3, -0.25) is 14.5 Å². The molecule has 2 atom stereocenters. The van der Waals surface area contributed by atoms with Crippen LogP contribution in [-0.2, 0) is 9.59 Å². The Balaban J connectivity index is 2.05. The van der Waals surface area contributed by atoms with Crippen molar-refractivity contribution in [1.82, 2.24) is 9.80 Å². The number of nitrogens with zero attached hydrogens (tertiary/aromatic N) is 2. The number of rotatable bonds is 2. The lowest BCUT2D eigenvalue weighted by molar-refractivity contribution is -0.142. The van der Waals surface area contributed by atoms with E-state index < -0.39 is 0 Å². The Kier molecular flexibility index (Phi) is 3.66. The lowest BCUT2D eigenvalue weighted by atomic mass is 10.0. The van der Waals surface area contributed by atoms with E-state index in [1.807, 2.05) is 7.05 Å². The topological polar surface area (TPSA) is 66.6 Å². The molecule has 17 heavy (non-hydrogen) atoms. The van der Waals surface area contributed by atoms with Gasteiger partial charge in [-0.25, -0.2) is 0 Å². The van der Waals surface area contributed by atoms with Gasteiger partial charge < -0.3 is 10.6 Å². The monoisotopic (exact) mass is 239 g/mol. The minimum Gasteiger partial charge on any atom is -0.368 e. The number of primary amides is 1.